The van der Waals surface area contributed by atoms with Crippen LogP contribution >= 0.6 is 11.6 Å². The smallest absolute Gasteiger partial charge is 0.328 e. The third-order valence-electron chi connectivity index (χ3n) is 5.49. The Kier molecular flexibility index (Phi) is 6.43. The lowest BCUT2D eigenvalue weighted by atomic mass is 10.1. The Balaban J connectivity index is 1.60. The highest BCUT2D eigenvalue weighted by Crippen LogP contribution is 2.44. The van der Waals surface area contributed by atoms with E-state index in [1.54, 1.807) is 10.9 Å². The average molecular weight is 479 g/mol. The summed E-state index contributed by atoms with van der Waals surface area (Å²) in [4.78, 5) is 16.4. The highest BCUT2D eigenvalue weighted by molar-refractivity contribution is 7.90. The maximum atomic E-state index is 12.5. The third-order valence-corrected chi connectivity index (χ3v) is 6.91. The van der Waals surface area contributed by atoms with Crippen molar-refractivity contribution in [3.63, 3.8) is 0 Å². The molecule has 0 atom stereocenters. The molecule has 1 aliphatic carbocycles. The van der Waals surface area contributed by atoms with E-state index in [4.69, 9.17) is 11.6 Å². The van der Waals surface area contributed by atoms with Crippen LogP contribution in [0.25, 0.3) is 16.9 Å². The first-order chi connectivity index (χ1) is 15.3. The van der Waals surface area contributed by atoms with Crippen LogP contribution in [0.15, 0.2) is 24.5 Å². The fourth-order valence-electron chi connectivity index (χ4n) is 3.82. The number of carbonyl (C=O) groups is 1. The van der Waals surface area contributed by atoms with Crippen LogP contribution in [-0.2, 0) is 16.6 Å². The van der Waals surface area contributed by atoms with Crippen LogP contribution in [-0.4, -0.2) is 46.1 Å². The van der Waals surface area contributed by atoms with Crippen LogP contribution in [0.1, 0.15) is 49.8 Å². The number of carbonyl (C=O) groups excluding carboxylic acids is 1. The molecule has 1 saturated carbocycles. The molecule has 2 amide bonds. The van der Waals surface area contributed by atoms with Gasteiger partial charge in [-0.25, -0.2) is 27.6 Å². The van der Waals surface area contributed by atoms with Gasteiger partial charge in [-0.2, -0.15) is 5.10 Å². The largest absolute Gasteiger partial charge is 0.337 e. The number of urea groups is 1. The molecule has 9 nitrogen and oxygen atoms in total. The van der Waals surface area contributed by atoms with E-state index in [9.17, 15) is 13.2 Å². The number of nitrogens with zero attached hydrogens (tertiary/aromatic N) is 4. The van der Waals surface area contributed by atoms with Gasteiger partial charge in [0.15, 0.2) is 0 Å². The number of aromatic nitrogens is 4. The second-order valence-corrected chi connectivity index (χ2v) is 10.4. The number of amides is 2. The van der Waals surface area contributed by atoms with E-state index in [-0.39, 0.29) is 12.3 Å². The minimum absolute atomic E-state index is 0.105. The standard InChI is InChI=1S/C21H27ClN6O3S/c1-3-4-8-23-21(29)26-32(30,31)11-10-28-20(18(14(2)25-28)15-5-6-15)27-9-7-16-12-17(22)13-24-19(16)27/h7,9,12-13,15H,3-6,8,10-11H2,1-2H3,(H2,23,26,29). The lowest BCUT2D eigenvalue weighted by Gasteiger charge is -2.13. The lowest BCUT2D eigenvalue weighted by Crippen LogP contribution is -2.41. The normalized spacial score (nSPS) is 14.1. The molecule has 0 spiro atoms. The van der Waals surface area contributed by atoms with Gasteiger partial charge in [0.05, 0.1) is 23.0 Å². The van der Waals surface area contributed by atoms with Crippen LogP contribution in [0, 0.1) is 6.92 Å². The van der Waals surface area contributed by atoms with Crippen molar-refractivity contribution in [3.8, 4) is 5.82 Å². The second kappa shape index (κ2) is 9.11. The van der Waals surface area contributed by atoms with Gasteiger partial charge in [0, 0.05) is 29.9 Å². The summed E-state index contributed by atoms with van der Waals surface area (Å²) in [6.45, 7) is 4.47. The Morgan fingerprint density at radius 3 is 2.84 bits per heavy atom. The first-order valence-electron chi connectivity index (χ1n) is 10.8. The zero-order chi connectivity index (χ0) is 22.9. The molecule has 0 aliphatic heterocycles. The number of fused-ring (bicyclic) bond motifs is 1. The molecule has 2 N–H and O–H groups in total. The molecule has 0 radical (unpaired) electrons. The molecule has 0 unspecified atom stereocenters. The van der Waals surface area contributed by atoms with Gasteiger partial charge in [0.2, 0.25) is 10.0 Å². The van der Waals surface area contributed by atoms with Crippen LogP contribution in [0.4, 0.5) is 4.79 Å². The molecule has 3 aromatic rings. The minimum Gasteiger partial charge on any atom is -0.337 e. The highest BCUT2D eigenvalue weighted by atomic mass is 35.5. The van der Waals surface area contributed by atoms with E-state index in [0.29, 0.717) is 17.5 Å². The Bertz CT molecular complexity index is 1250. The quantitative estimate of drug-likeness (QED) is 0.457. The van der Waals surface area contributed by atoms with Gasteiger partial charge in [-0.15, -0.1) is 0 Å². The summed E-state index contributed by atoms with van der Waals surface area (Å²) in [6, 6.07) is 3.07. The number of aryl methyl sites for hydroxylation is 2. The Hall–Kier alpha value is -2.59. The number of rotatable bonds is 9. The van der Waals surface area contributed by atoms with Gasteiger partial charge >= 0.3 is 6.03 Å². The maximum absolute atomic E-state index is 12.5. The van der Waals surface area contributed by atoms with Crippen molar-refractivity contribution in [1.29, 1.82) is 0 Å². The Morgan fingerprint density at radius 1 is 1.34 bits per heavy atom. The predicted octanol–water partition coefficient (Wildman–Crippen LogP) is 3.49. The molecular formula is C21H27ClN6O3S. The fraction of sp³-hybridized carbons (Fsp3) is 0.476. The summed E-state index contributed by atoms with van der Waals surface area (Å²) in [5, 5.41) is 8.65. The van der Waals surface area contributed by atoms with E-state index in [2.05, 4.69) is 20.1 Å². The monoisotopic (exact) mass is 478 g/mol. The Labute approximate surface area is 192 Å². The number of nitrogens with one attached hydrogen (secondary N) is 2. The van der Waals surface area contributed by atoms with Gasteiger partial charge in [0.25, 0.3) is 0 Å². The second-order valence-electron chi connectivity index (χ2n) is 8.10. The first-order valence-corrected chi connectivity index (χ1v) is 12.8. The summed E-state index contributed by atoms with van der Waals surface area (Å²) in [5.41, 5.74) is 2.72. The summed E-state index contributed by atoms with van der Waals surface area (Å²) in [7, 11) is -3.82. The third kappa shape index (κ3) is 4.91. The van der Waals surface area contributed by atoms with Crippen molar-refractivity contribution in [2.24, 2.45) is 0 Å². The molecule has 172 valence electrons. The molecule has 32 heavy (non-hydrogen) atoms. The maximum Gasteiger partial charge on any atom is 0.328 e. The van der Waals surface area contributed by atoms with Crippen molar-refractivity contribution >= 4 is 38.7 Å². The van der Waals surface area contributed by atoms with Crippen molar-refractivity contribution in [2.75, 3.05) is 12.3 Å². The summed E-state index contributed by atoms with van der Waals surface area (Å²) in [6.07, 6.45) is 7.35. The molecule has 3 heterocycles. The van der Waals surface area contributed by atoms with Crippen molar-refractivity contribution in [2.45, 2.75) is 52.0 Å². The van der Waals surface area contributed by atoms with Gasteiger partial charge in [-0.1, -0.05) is 24.9 Å². The molecule has 0 saturated heterocycles. The van der Waals surface area contributed by atoms with E-state index in [1.165, 1.54) is 0 Å². The summed E-state index contributed by atoms with van der Waals surface area (Å²) >= 11 is 6.09. The van der Waals surface area contributed by atoms with E-state index < -0.39 is 16.1 Å². The topological polar surface area (TPSA) is 111 Å². The molecular weight excluding hydrogens is 452 g/mol. The van der Waals surface area contributed by atoms with Gasteiger partial charge in [-0.05, 0) is 44.2 Å². The highest BCUT2D eigenvalue weighted by Gasteiger charge is 2.32. The molecule has 11 heteroatoms. The van der Waals surface area contributed by atoms with Gasteiger partial charge in [0.1, 0.15) is 11.5 Å². The first kappa shape index (κ1) is 22.6. The molecule has 0 aromatic carbocycles. The predicted molar refractivity (Wildman–Crippen MR) is 124 cm³/mol. The Morgan fingerprint density at radius 2 is 2.12 bits per heavy atom. The van der Waals surface area contributed by atoms with Gasteiger partial charge < -0.3 is 5.32 Å². The number of sulfonamides is 1. The van der Waals surface area contributed by atoms with E-state index >= 15 is 0 Å². The molecule has 1 fully saturated rings. The molecule has 3 aromatic heterocycles. The van der Waals surface area contributed by atoms with E-state index in [1.807, 2.05) is 36.7 Å². The zero-order valence-electron chi connectivity index (χ0n) is 18.1. The van der Waals surface area contributed by atoms with Crippen LogP contribution in [0.2, 0.25) is 5.02 Å². The molecule has 4 rings (SSSR count). The zero-order valence-corrected chi connectivity index (χ0v) is 19.7. The fourth-order valence-corrected chi connectivity index (χ4v) is 4.86. The summed E-state index contributed by atoms with van der Waals surface area (Å²) < 4.78 is 30.7. The summed E-state index contributed by atoms with van der Waals surface area (Å²) in [5.74, 6) is 0.949. The number of unbranched alkanes of at least 4 members (excludes halogenated alkanes) is 1. The van der Waals surface area contributed by atoms with Crippen molar-refractivity contribution in [3.05, 3.63) is 40.8 Å². The van der Waals surface area contributed by atoms with Crippen molar-refractivity contribution in [1.82, 2.24) is 29.4 Å². The number of hydrogen-bond acceptors (Lipinski definition) is 5. The van der Waals surface area contributed by atoms with Crippen molar-refractivity contribution < 1.29 is 13.2 Å². The number of halogens is 1. The van der Waals surface area contributed by atoms with Crippen LogP contribution in [0.3, 0.4) is 0 Å². The van der Waals surface area contributed by atoms with Crippen LogP contribution in [0.5, 0.6) is 0 Å². The molecule has 1 aliphatic rings. The van der Waals surface area contributed by atoms with Crippen LogP contribution < -0.4 is 10.0 Å². The average Bonchev–Trinajstić information content (AvgIpc) is 3.40. The number of hydrogen-bond donors (Lipinski definition) is 2. The van der Waals surface area contributed by atoms with E-state index in [0.717, 1.165) is 53.8 Å². The minimum atomic E-state index is -3.82. The number of pyridine rings is 1. The van der Waals surface area contributed by atoms with Gasteiger partial charge in [-0.3, -0.25) is 4.57 Å². The SMILES string of the molecule is CCCCNC(=O)NS(=O)(=O)CCn1nc(C)c(C2CC2)c1-n1ccc2cc(Cl)cnc21. The lowest BCUT2D eigenvalue weighted by molar-refractivity contribution is 0.245. The molecule has 0 bridgehead atoms.